The van der Waals surface area contributed by atoms with Gasteiger partial charge in [-0.2, -0.15) is 0 Å². The number of fused-ring (bicyclic) bond motifs is 3. The largest absolute Gasteiger partial charge is 0.508 e. The van der Waals surface area contributed by atoms with E-state index < -0.39 is 47.8 Å². The monoisotopic (exact) mass is 1100 g/mol. The first-order chi connectivity index (χ1) is 35.2. The number of aliphatic hydroxyl groups is 1. The molecule has 5 aromatic carbocycles. The van der Waals surface area contributed by atoms with Crippen molar-refractivity contribution in [2.75, 3.05) is 32.1 Å². The van der Waals surface area contributed by atoms with E-state index in [0.717, 1.165) is 9.13 Å². The molecule has 0 bridgehead atoms. The van der Waals surface area contributed by atoms with E-state index >= 15 is 0 Å². The van der Waals surface area contributed by atoms with Crippen molar-refractivity contribution in [2.45, 2.75) is 31.1 Å². The molecule has 0 saturated heterocycles. The van der Waals surface area contributed by atoms with Gasteiger partial charge in [-0.1, -0.05) is 48.5 Å². The minimum Gasteiger partial charge on any atom is -0.508 e. The SMILES string of the molecule is COc1cccc(CCN(C(=O)c2cc3ccccc3oc2=O)[C@@H]2CC(C(=O)NCCOC(=O)Nc3ccc(-c4c5ccc(=O)cc-5oc5cc(O)ccc45)c(C(=O)O)c3)=C[C@H](Oc3ccccc3I)[C@H]2O)c1. The number of aliphatic hydroxyl groups excluding tert-OH is 1. The third kappa shape index (κ3) is 10.9. The summed E-state index contributed by atoms with van der Waals surface area (Å²) in [7, 11) is 1.54. The average Bonchev–Trinajstić information content (AvgIpc) is 3.38. The molecule has 3 amide bonds. The Morgan fingerprint density at radius 3 is 2.42 bits per heavy atom. The van der Waals surface area contributed by atoms with Crippen molar-refractivity contribution in [3.63, 3.8) is 0 Å². The van der Waals surface area contributed by atoms with Gasteiger partial charge >= 0.3 is 17.7 Å². The number of rotatable bonds is 15. The molecule has 3 aliphatic rings. The fraction of sp³-hybridized carbons (Fsp3) is 0.164. The van der Waals surface area contributed by atoms with Gasteiger partial charge in [-0.05, 0) is 119 Å². The van der Waals surface area contributed by atoms with Crippen LogP contribution in [0.2, 0.25) is 0 Å². The molecule has 18 heteroatoms. The van der Waals surface area contributed by atoms with Gasteiger partial charge in [-0.3, -0.25) is 19.7 Å². The Balaban J connectivity index is 0.930. The van der Waals surface area contributed by atoms with Crippen molar-refractivity contribution in [1.29, 1.82) is 0 Å². The molecule has 0 unspecified atom stereocenters. The van der Waals surface area contributed by atoms with Crippen molar-refractivity contribution in [2.24, 2.45) is 0 Å². The van der Waals surface area contributed by atoms with E-state index in [9.17, 15) is 44.1 Å². The Morgan fingerprint density at radius 1 is 0.822 bits per heavy atom. The van der Waals surface area contributed by atoms with Crippen molar-refractivity contribution in [3.8, 4) is 39.7 Å². The molecule has 2 aliphatic carbocycles. The number of halogens is 1. The molecular weight excluding hydrogens is 1050 g/mol. The quantitative estimate of drug-likeness (QED) is 0.0281. The fourth-order valence-corrected chi connectivity index (χ4v) is 9.30. The second kappa shape index (κ2) is 21.5. The van der Waals surface area contributed by atoms with Crippen LogP contribution in [-0.2, 0) is 16.0 Å². The van der Waals surface area contributed by atoms with Gasteiger partial charge in [0.15, 0.2) is 5.43 Å². The molecule has 0 fully saturated rings. The molecule has 17 nitrogen and oxygen atoms in total. The number of aromatic carboxylic acids is 1. The van der Waals surface area contributed by atoms with Gasteiger partial charge in [-0.15, -0.1) is 0 Å². The number of anilines is 1. The lowest BCUT2D eigenvalue weighted by atomic mass is 9.87. The summed E-state index contributed by atoms with van der Waals surface area (Å²) < 4.78 is 29.3. The third-order valence-corrected chi connectivity index (χ3v) is 13.2. The lowest BCUT2D eigenvalue weighted by Crippen LogP contribution is -2.56. The normalized spacial score (nSPS) is 15.3. The first-order valence-corrected chi connectivity index (χ1v) is 23.9. The third-order valence-electron chi connectivity index (χ3n) is 12.3. The summed E-state index contributed by atoms with van der Waals surface area (Å²) in [5.74, 6) is -1.59. The molecule has 370 valence electrons. The lowest BCUT2D eigenvalue weighted by molar-refractivity contribution is -0.118. The van der Waals surface area contributed by atoms with Gasteiger partial charge < -0.3 is 48.6 Å². The van der Waals surface area contributed by atoms with Crippen LogP contribution in [0.3, 0.4) is 0 Å². The topological polar surface area (TPSA) is 244 Å². The molecule has 9 rings (SSSR count). The number of benzene rings is 6. The summed E-state index contributed by atoms with van der Waals surface area (Å²) in [4.78, 5) is 81.6. The highest BCUT2D eigenvalue weighted by molar-refractivity contribution is 14.1. The van der Waals surface area contributed by atoms with Crippen LogP contribution in [0.5, 0.6) is 17.2 Å². The van der Waals surface area contributed by atoms with Crippen molar-refractivity contribution < 1.29 is 57.5 Å². The zero-order valence-corrected chi connectivity index (χ0v) is 40.9. The zero-order chi connectivity index (χ0) is 51.3. The number of carbonyl (C=O) groups is 4. The van der Waals surface area contributed by atoms with E-state index in [2.05, 4.69) is 33.2 Å². The van der Waals surface area contributed by atoms with E-state index in [1.165, 1.54) is 72.7 Å². The minimum absolute atomic E-state index is 0.00485. The van der Waals surface area contributed by atoms with Crippen LogP contribution in [0.15, 0.2) is 164 Å². The molecule has 6 aromatic rings. The number of phenols is 1. The number of methoxy groups -OCH3 is 1. The van der Waals surface area contributed by atoms with Gasteiger partial charge in [0.1, 0.15) is 58.6 Å². The summed E-state index contributed by atoms with van der Waals surface area (Å²) in [5, 5.41) is 38.9. The summed E-state index contributed by atoms with van der Waals surface area (Å²) >= 11 is 2.09. The maximum Gasteiger partial charge on any atom is 0.411 e. The Hall–Kier alpha value is -8.49. The first-order valence-electron chi connectivity index (χ1n) is 22.8. The standard InChI is InChI=1S/C55H44IN3O14/c1-69-36-9-6-7-30(23-36)19-21-59(52(64)41-24-31-8-2-4-11-44(31)73-54(41)67)43-25-32(26-48(50(43)62)71-45-12-5-3-10-42(45)56)51(63)57-20-22-70-55(68)58-33-13-16-37(40(27-33)53(65)66)49-38-17-14-34(60)28-46(38)72-47-29-35(61)15-18-39(47)49/h2-18,23-24,26-29,43,48,50,60,62H,19-22,25H2,1H3,(H,57,63)(H,58,68)(H,65,66)/t43-,48+,50+/m1/s1. The summed E-state index contributed by atoms with van der Waals surface area (Å²) in [6, 6.07) is 34.1. The number of phenolic OH excluding ortho intramolecular Hbond substituents is 1. The number of para-hydroxylation sites is 2. The van der Waals surface area contributed by atoms with Gasteiger partial charge in [0.05, 0.1) is 28.8 Å². The number of hydrogen-bond acceptors (Lipinski definition) is 13. The van der Waals surface area contributed by atoms with Gasteiger partial charge in [0, 0.05) is 58.3 Å². The Bertz CT molecular complexity index is 3570. The Morgan fingerprint density at radius 2 is 1.62 bits per heavy atom. The smallest absolute Gasteiger partial charge is 0.411 e. The molecule has 0 spiro atoms. The number of ether oxygens (including phenoxy) is 3. The highest BCUT2D eigenvalue weighted by Gasteiger charge is 2.41. The van der Waals surface area contributed by atoms with Gasteiger partial charge in [-0.25, -0.2) is 14.4 Å². The second-order valence-corrected chi connectivity index (χ2v) is 18.1. The number of nitrogens with one attached hydrogen (secondary N) is 2. The van der Waals surface area contributed by atoms with Gasteiger partial charge in [0.2, 0.25) is 5.91 Å². The van der Waals surface area contributed by atoms with Crippen LogP contribution in [0.4, 0.5) is 10.5 Å². The predicted molar refractivity (Wildman–Crippen MR) is 277 cm³/mol. The van der Waals surface area contributed by atoms with Crippen LogP contribution in [-0.4, -0.2) is 89.2 Å². The molecule has 2 heterocycles. The summed E-state index contributed by atoms with van der Waals surface area (Å²) in [5.41, 5.74) is 0.929. The number of carboxylic acid groups (broad SMARTS) is 1. The van der Waals surface area contributed by atoms with Crippen molar-refractivity contribution in [1.82, 2.24) is 10.2 Å². The maximum atomic E-state index is 14.7. The van der Waals surface area contributed by atoms with Crippen LogP contribution < -0.4 is 31.2 Å². The van der Waals surface area contributed by atoms with Crippen molar-refractivity contribution in [3.05, 3.63) is 186 Å². The number of carboxylic acids is 1. The number of nitrogens with zero attached hydrogens (tertiary/aromatic N) is 1. The van der Waals surface area contributed by atoms with Gasteiger partial charge in [0.25, 0.3) is 5.91 Å². The molecule has 1 aliphatic heterocycles. The molecular formula is C55H44IN3O14. The number of aromatic hydroxyl groups is 1. The highest BCUT2D eigenvalue weighted by Crippen LogP contribution is 2.42. The first kappa shape index (κ1) is 49.5. The minimum atomic E-state index is -1.40. The molecule has 5 N–H and O–H groups in total. The Kier molecular flexibility index (Phi) is 14.6. The number of amides is 3. The summed E-state index contributed by atoms with van der Waals surface area (Å²) in [6.07, 6.45) is -1.94. The molecule has 0 saturated carbocycles. The van der Waals surface area contributed by atoms with E-state index in [4.69, 9.17) is 23.0 Å². The molecule has 73 heavy (non-hydrogen) atoms. The van der Waals surface area contributed by atoms with Crippen LogP contribution in [0.1, 0.15) is 32.7 Å². The molecule has 3 atom stereocenters. The van der Waals surface area contributed by atoms with E-state index in [0.29, 0.717) is 33.4 Å². The Labute approximate surface area is 428 Å². The average molecular weight is 1100 g/mol. The maximum absolute atomic E-state index is 14.7. The second-order valence-electron chi connectivity index (χ2n) is 17.0. The zero-order valence-electron chi connectivity index (χ0n) is 38.7. The number of carbonyl (C=O) groups excluding carboxylic acids is 3. The summed E-state index contributed by atoms with van der Waals surface area (Å²) in [6.45, 7) is -0.518. The van der Waals surface area contributed by atoms with Crippen LogP contribution >= 0.6 is 22.6 Å². The van der Waals surface area contributed by atoms with Crippen LogP contribution in [0, 0.1) is 3.57 Å². The van der Waals surface area contributed by atoms with Crippen molar-refractivity contribution >= 4 is 74.1 Å². The van der Waals surface area contributed by atoms with E-state index in [-0.39, 0.29) is 88.6 Å². The highest BCUT2D eigenvalue weighted by atomic mass is 127. The molecule has 1 aromatic heterocycles. The van der Waals surface area contributed by atoms with E-state index in [1.807, 2.05) is 24.3 Å². The van der Waals surface area contributed by atoms with Crippen LogP contribution in [0.25, 0.3) is 44.4 Å². The van der Waals surface area contributed by atoms with E-state index in [1.54, 1.807) is 54.6 Å². The number of hydrogen-bond donors (Lipinski definition) is 5. The molecule has 0 radical (unpaired) electrons. The predicted octanol–water partition coefficient (Wildman–Crippen LogP) is 8.25. The fourth-order valence-electron chi connectivity index (χ4n) is 8.79. The lowest BCUT2D eigenvalue weighted by Gasteiger charge is -2.40.